The van der Waals surface area contributed by atoms with Crippen LogP contribution in [0, 0.1) is 6.92 Å². The molecule has 0 fully saturated rings. The Morgan fingerprint density at radius 2 is 1.84 bits per heavy atom. The predicted molar refractivity (Wildman–Crippen MR) is 80.0 cm³/mol. The van der Waals surface area contributed by atoms with Crippen molar-refractivity contribution in [2.24, 2.45) is 0 Å². The highest BCUT2D eigenvalue weighted by molar-refractivity contribution is 6.42. The first-order valence-electron chi connectivity index (χ1n) is 5.59. The molecule has 0 radical (unpaired) electrons. The van der Waals surface area contributed by atoms with E-state index < -0.39 is 0 Å². The predicted octanol–water partition coefficient (Wildman–Crippen LogP) is 4.14. The van der Waals surface area contributed by atoms with Gasteiger partial charge in [0.15, 0.2) is 0 Å². The summed E-state index contributed by atoms with van der Waals surface area (Å²) in [6.45, 7) is 1.88. The minimum Gasteiger partial charge on any atom is -0.399 e. The van der Waals surface area contributed by atoms with Crippen LogP contribution in [0.5, 0.6) is 0 Å². The van der Waals surface area contributed by atoms with Crippen LogP contribution in [-0.2, 0) is 0 Å². The molecule has 0 aliphatic heterocycles. The number of nitrogens with two attached hydrogens (primary N) is 1. The van der Waals surface area contributed by atoms with Gasteiger partial charge in [0, 0.05) is 16.9 Å². The van der Waals surface area contributed by atoms with Gasteiger partial charge in [-0.25, -0.2) is 0 Å². The topological polar surface area (TPSA) is 55.1 Å². The lowest BCUT2D eigenvalue weighted by atomic mass is 10.1. The summed E-state index contributed by atoms with van der Waals surface area (Å²) in [5.41, 5.74) is 8.29. The van der Waals surface area contributed by atoms with E-state index in [-0.39, 0.29) is 5.91 Å². The number of aryl methyl sites for hydroxylation is 1. The van der Waals surface area contributed by atoms with Crippen molar-refractivity contribution < 1.29 is 4.79 Å². The molecule has 19 heavy (non-hydrogen) atoms. The Kier molecular flexibility index (Phi) is 3.98. The zero-order chi connectivity index (χ0) is 14.0. The molecular weight excluding hydrogens is 283 g/mol. The molecule has 0 aromatic heterocycles. The van der Waals surface area contributed by atoms with Gasteiger partial charge < -0.3 is 11.1 Å². The van der Waals surface area contributed by atoms with E-state index in [1.807, 2.05) is 6.92 Å². The van der Waals surface area contributed by atoms with Gasteiger partial charge in [-0.1, -0.05) is 23.2 Å². The Morgan fingerprint density at radius 3 is 2.47 bits per heavy atom. The van der Waals surface area contributed by atoms with Gasteiger partial charge in [0.1, 0.15) is 0 Å². The SMILES string of the molecule is Cc1cc(N)cc(C(=O)Nc2ccc(Cl)c(Cl)c2)c1. The van der Waals surface area contributed by atoms with Gasteiger partial charge in [0.2, 0.25) is 0 Å². The number of carbonyl (C=O) groups is 1. The molecule has 98 valence electrons. The molecule has 5 heteroatoms. The highest BCUT2D eigenvalue weighted by atomic mass is 35.5. The number of amides is 1. The second-order valence-corrected chi connectivity index (χ2v) is 5.03. The Balaban J connectivity index is 2.22. The van der Waals surface area contributed by atoms with Crippen molar-refractivity contribution in [2.75, 3.05) is 11.1 Å². The van der Waals surface area contributed by atoms with E-state index in [0.29, 0.717) is 27.0 Å². The minimum absolute atomic E-state index is 0.242. The molecule has 0 aliphatic rings. The first-order chi connectivity index (χ1) is 8.95. The van der Waals surface area contributed by atoms with Crippen LogP contribution in [0.4, 0.5) is 11.4 Å². The third kappa shape index (κ3) is 3.40. The summed E-state index contributed by atoms with van der Waals surface area (Å²) in [7, 11) is 0. The van der Waals surface area contributed by atoms with Crippen LogP contribution in [0.25, 0.3) is 0 Å². The highest BCUT2D eigenvalue weighted by Gasteiger charge is 2.08. The number of hydrogen-bond donors (Lipinski definition) is 2. The van der Waals surface area contributed by atoms with Gasteiger partial charge in [-0.3, -0.25) is 4.79 Å². The molecule has 0 unspecified atom stereocenters. The van der Waals surface area contributed by atoms with Gasteiger partial charge in [-0.2, -0.15) is 0 Å². The van der Waals surface area contributed by atoms with E-state index in [1.54, 1.807) is 36.4 Å². The number of carbonyl (C=O) groups excluding carboxylic acids is 1. The summed E-state index contributed by atoms with van der Waals surface area (Å²) >= 11 is 11.7. The Labute approximate surface area is 121 Å². The summed E-state index contributed by atoms with van der Waals surface area (Å²) in [5, 5.41) is 3.58. The molecule has 0 saturated carbocycles. The molecule has 0 aliphatic carbocycles. The minimum atomic E-state index is -0.242. The summed E-state index contributed by atoms with van der Waals surface area (Å²) in [4.78, 5) is 12.1. The Hall–Kier alpha value is -1.71. The van der Waals surface area contributed by atoms with E-state index in [0.717, 1.165) is 5.56 Å². The third-order valence-electron chi connectivity index (χ3n) is 2.54. The van der Waals surface area contributed by atoms with Crippen LogP contribution in [0.2, 0.25) is 10.0 Å². The standard InChI is InChI=1S/C14H12Cl2N2O/c1-8-4-9(6-10(17)5-8)14(19)18-11-2-3-12(15)13(16)7-11/h2-7H,17H2,1H3,(H,18,19). The molecule has 0 bridgehead atoms. The van der Waals surface area contributed by atoms with Gasteiger partial charge in [0.05, 0.1) is 10.0 Å². The van der Waals surface area contributed by atoms with Crippen molar-refractivity contribution in [1.29, 1.82) is 0 Å². The molecule has 3 N–H and O–H groups in total. The number of rotatable bonds is 2. The Morgan fingerprint density at radius 1 is 1.11 bits per heavy atom. The molecule has 0 saturated heterocycles. The molecular formula is C14H12Cl2N2O. The monoisotopic (exact) mass is 294 g/mol. The molecule has 2 aromatic rings. The van der Waals surface area contributed by atoms with E-state index in [9.17, 15) is 4.79 Å². The summed E-state index contributed by atoms with van der Waals surface area (Å²) in [6, 6.07) is 10.1. The van der Waals surface area contributed by atoms with E-state index >= 15 is 0 Å². The lowest BCUT2D eigenvalue weighted by molar-refractivity contribution is 0.102. The largest absolute Gasteiger partial charge is 0.399 e. The molecule has 1 amide bonds. The maximum Gasteiger partial charge on any atom is 0.255 e. The number of nitrogen functional groups attached to an aromatic ring is 1. The van der Waals surface area contributed by atoms with Crippen LogP contribution in [-0.4, -0.2) is 5.91 Å². The van der Waals surface area contributed by atoms with Crippen LogP contribution in [0.3, 0.4) is 0 Å². The Bertz CT molecular complexity index is 621. The molecule has 2 rings (SSSR count). The lowest BCUT2D eigenvalue weighted by Gasteiger charge is -2.08. The van der Waals surface area contributed by atoms with Crippen molar-refractivity contribution >= 4 is 40.5 Å². The number of benzene rings is 2. The van der Waals surface area contributed by atoms with Gasteiger partial charge in [-0.05, 0) is 48.9 Å². The van der Waals surface area contributed by atoms with Crippen molar-refractivity contribution in [3.05, 3.63) is 57.6 Å². The fourth-order valence-corrected chi connectivity index (χ4v) is 2.02. The summed E-state index contributed by atoms with van der Waals surface area (Å²) < 4.78 is 0. The normalized spacial score (nSPS) is 10.3. The second-order valence-electron chi connectivity index (χ2n) is 4.22. The maximum atomic E-state index is 12.1. The van der Waals surface area contributed by atoms with Crippen molar-refractivity contribution in [2.45, 2.75) is 6.92 Å². The fourth-order valence-electron chi connectivity index (χ4n) is 1.72. The molecule has 2 aromatic carbocycles. The van der Waals surface area contributed by atoms with Crippen LogP contribution in [0.1, 0.15) is 15.9 Å². The molecule has 0 atom stereocenters. The van der Waals surface area contributed by atoms with E-state index in [2.05, 4.69) is 5.32 Å². The molecule has 0 heterocycles. The van der Waals surface area contributed by atoms with E-state index in [4.69, 9.17) is 28.9 Å². The quantitative estimate of drug-likeness (QED) is 0.818. The zero-order valence-electron chi connectivity index (χ0n) is 10.2. The number of halogens is 2. The zero-order valence-corrected chi connectivity index (χ0v) is 11.7. The molecule has 3 nitrogen and oxygen atoms in total. The van der Waals surface area contributed by atoms with Crippen LogP contribution in [0.15, 0.2) is 36.4 Å². The number of hydrogen-bond acceptors (Lipinski definition) is 2. The van der Waals surface area contributed by atoms with Crippen molar-refractivity contribution in [3.63, 3.8) is 0 Å². The maximum absolute atomic E-state index is 12.1. The first kappa shape index (κ1) is 13.7. The summed E-state index contributed by atoms with van der Waals surface area (Å²) in [6.07, 6.45) is 0. The fraction of sp³-hybridized carbons (Fsp3) is 0.0714. The first-order valence-corrected chi connectivity index (χ1v) is 6.35. The van der Waals surface area contributed by atoms with Gasteiger partial charge in [0.25, 0.3) is 5.91 Å². The van der Waals surface area contributed by atoms with Crippen LogP contribution < -0.4 is 11.1 Å². The number of nitrogens with one attached hydrogen (secondary N) is 1. The van der Waals surface area contributed by atoms with Crippen molar-refractivity contribution in [1.82, 2.24) is 0 Å². The van der Waals surface area contributed by atoms with Crippen molar-refractivity contribution in [3.8, 4) is 0 Å². The second kappa shape index (κ2) is 5.51. The summed E-state index contributed by atoms with van der Waals surface area (Å²) in [5.74, 6) is -0.242. The van der Waals surface area contributed by atoms with Gasteiger partial charge >= 0.3 is 0 Å². The van der Waals surface area contributed by atoms with Gasteiger partial charge in [-0.15, -0.1) is 0 Å². The van der Waals surface area contributed by atoms with Crippen LogP contribution >= 0.6 is 23.2 Å². The average Bonchev–Trinajstić information content (AvgIpc) is 2.32. The molecule has 0 spiro atoms. The number of anilines is 2. The lowest BCUT2D eigenvalue weighted by Crippen LogP contribution is -2.12. The smallest absolute Gasteiger partial charge is 0.255 e. The van der Waals surface area contributed by atoms with E-state index in [1.165, 1.54) is 0 Å². The highest BCUT2D eigenvalue weighted by Crippen LogP contribution is 2.25. The third-order valence-corrected chi connectivity index (χ3v) is 3.28. The average molecular weight is 295 g/mol.